The number of rotatable bonds is 5. The number of aryl methyl sites for hydroxylation is 1. The number of ether oxygens (including phenoxy) is 2. The van der Waals surface area contributed by atoms with Crippen LogP contribution in [-0.4, -0.2) is 51.2 Å². The van der Waals surface area contributed by atoms with Gasteiger partial charge in [-0.1, -0.05) is 0 Å². The molecular formula is C19H20F6N4O3. The zero-order valence-corrected chi connectivity index (χ0v) is 16.9. The minimum absolute atomic E-state index is 0.00754. The number of pyridine rings is 1. The van der Waals surface area contributed by atoms with Crippen molar-refractivity contribution in [3.05, 3.63) is 35.7 Å². The first kappa shape index (κ1) is 22.6. The van der Waals surface area contributed by atoms with Crippen molar-refractivity contribution >= 4 is 0 Å². The third-order valence-corrected chi connectivity index (χ3v) is 5.29. The fourth-order valence-electron chi connectivity index (χ4n) is 3.82. The van der Waals surface area contributed by atoms with E-state index < -0.39 is 29.7 Å². The summed E-state index contributed by atoms with van der Waals surface area (Å²) in [4.78, 5) is 9.46. The van der Waals surface area contributed by atoms with Crippen LogP contribution in [0.3, 0.4) is 0 Å². The van der Waals surface area contributed by atoms with Crippen molar-refractivity contribution in [1.29, 1.82) is 0 Å². The lowest BCUT2D eigenvalue weighted by molar-refractivity contribution is -0.224. The van der Waals surface area contributed by atoms with E-state index in [1.165, 1.54) is 0 Å². The molecule has 0 aromatic carbocycles. The van der Waals surface area contributed by atoms with Gasteiger partial charge in [-0.05, 0) is 13.0 Å². The number of morpholine rings is 1. The van der Waals surface area contributed by atoms with Gasteiger partial charge < -0.3 is 14.3 Å². The van der Waals surface area contributed by atoms with Crippen LogP contribution in [0.1, 0.15) is 31.0 Å². The Bertz CT molecular complexity index is 917. The summed E-state index contributed by atoms with van der Waals surface area (Å²) in [5.74, 6) is 0.0377. The van der Waals surface area contributed by atoms with Crippen molar-refractivity contribution in [2.45, 2.75) is 56.9 Å². The number of hydrogen-bond donors (Lipinski definition) is 0. The molecule has 2 aromatic rings. The van der Waals surface area contributed by atoms with E-state index in [9.17, 15) is 26.3 Å². The second-order valence-electron chi connectivity index (χ2n) is 7.57. The van der Waals surface area contributed by atoms with Gasteiger partial charge in [0.1, 0.15) is 6.10 Å². The summed E-state index contributed by atoms with van der Waals surface area (Å²) in [6, 6.07) is 2.29. The van der Waals surface area contributed by atoms with Gasteiger partial charge in [0.15, 0.2) is 5.69 Å². The average molecular weight is 466 g/mol. The van der Waals surface area contributed by atoms with Crippen LogP contribution in [0.5, 0.6) is 11.8 Å². The summed E-state index contributed by atoms with van der Waals surface area (Å²) >= 11 is 0. The maximum atomic E-state index is 13.0. The lowest BCUT2D eigenvalue weighted by Gasteiger charge is -2.46. The van der Waals surface area contributed by atoms with Crippen molar-refractivity contribution in [2.24, 2.45) is 0 Å². The molecule has 0 unspecified atom stereocenters. The van der Waals surface area contributed by atoms with Crippen LogP contribution in [0.4, 0.5) is 26.3 Å². The number of halogens is 6. The van der Waals surface area contributed by atoms with Crippen LogP contribution in [0.15, 0.2) is 24.4 Å². The topological polar surface area (TPSA) is 61.6 Å². The molecule has 2 atom stereocenters. The lowest BCUT2D eigenvalue weighted by Crippen LogP contribution is -2.60. The van der Waals surface area contributed by atoms with Gasteiger partial charge in [-0.3, -0.25) is 0 Å². The maximum absolute atomic E-state index is 13.0. The molecule has 2 saturated heterocycles. The smallest absolute Gasteiger partial charge is 0.435 e. The van der Waals surface area contributed by atoms with Gasteiger partial charge in [0, 0.05) is 37.7 Å². The van der Waals surface area contributed by atoms with E-state index >= 15 is 0 Å². The molecule has 0 N–H and O–H groups in total. The van der Waals surface area contributed by atoms with Gasteiger partial charge in [0.05, 0.1) is 30.9 Å². The number of nitrogens with zero attached hydrogens (tertiary/aromatic N) is 4. The molecule has 0 saturated carbocycles. The van der Waals surface area contributed by atoms with Gasteiger partial charge >= 0.3 is 12.4 Å². The van der Waals surface area contributed by atoms with Crippen LogP contribution in [0.25, 0.3) is 0 Å². The van der Waals surface area contributed by atoms with E-state index in [0.717, 1.165) is 22.9 Å². The summed E-state index contributed by atoms with van der Waals surface area (Å²) in [6.45, 7) is 2.43. The van der Waals surface area contributed by atoms with Crippen LogP contribution in [0, 0.1) is 0 Å². The largest absolute Gasteiger partial charge is 0.474 e. The summed E-state index contributed by atoms with van der Waals surface area (Å²) in [5, 5.41) is 5.17. The standard InChI is InChI=1S/C19H20F6N4O3/c1-2-28-17(7-15(27-28)19(23,24)25)31-14-5-12-9-30-10-13(6-14)29(12)32-16-4-3-11(8-26-16)18(20,21)22/h3-4,7-8,12-14H,2,5-6,9-10H2,1H3/t12-,13-/m0/s1. The van der Waals surface area contributed by atoms with Gasteiger partial charge in [0.25, 0.3) is 0 Å². The van der Waals surface area contributed by atoms with Crippen molar-refractivity contribution < 1.29 is 40.7 Å². The molecule has 13 heteroatoms. The van der Waals surface area contributed by atoms with Gasteiger partial charge in [0.2, 0.25) is 11.8 Å². The second-order valence-corrected chi connectivity index (χ2v) is 7.57. The first-order valence-electron chi connectivity index (χ1n) is 9.93. The molecular weight excluding hydrogens is 446 g/mol. The minimum Gasteiger partial charge on any atom is -0.474 e. The van der Waals surface area contributed by atoms with Crippen molar-refractivity contribution in [2.75, 3.05) is 13.2 Å². The number of fused-ring (bicyclic) bond motifs is 2. The highest BCUT2D eigenvalue weighted by atomic mass is 19.4. The second kappa shape index (κ2) is 8.43. The van der Waals surface area contributed by atoms with E-state index in [4.69, 9.17) is 14.3 Å². The first-order valence-corrected chi connectivity index (χ1v) is 9.93. The molecule has 176 valence electrons. The predicted octanol–water partition coefficient (Wildman–Crippen LogP) is 3.94. The average Bonchev–Trinajstić information content (AvgIpc) is 3.11. The van der Waals surface area contributed by atoms with Crippen molar-refractivity contribution in [1.82, 2.24) is 19.8 Å². The molecule has 0 radical (unpaired) electrons. The number of hydroxylamine groups is 2. The van der Waals surface area contributed by atoms with Crippen LogP contribution in [0.2, 0.25) is 0 Å². The van der Waals surface area contributed by atoms with Crippen molar-refractivity contribution in [3.63, 3.8) is 0 Å². The van der Waals surface area contributed by atoms with Gasteiger partial charge in [-0.25, -0.2) is 9.67 Å². The third kappa shape index (κ3) is 4.77. The summed E-state index contributed by atoms with van der Waals surface area (Å²) in [5.41, 5.74) is -1.90. The molecule has 0 spiro atoms. The highest BCUT2D eigenvalue weighted by molar-refractivity contribution is 5.21. The lowest BCUT2D eigenvalue weighted by atomic mass is 9.94. The fourth-order valence-corrected chi connectivity index (χ4v) is 3.82. The van der Waals surface area contributed by atoms with Crippen LogP contribution >= 0.6 is 0 Å². The van der Waals surface area contributed by atoms with Crippen LogP contribution < -0.4 is 9.57 Å². The fraction of sp³-hybridized carbons (Fsp3) is 0.579. The first-order chi connectivity index (χ1) is 15.0. The van der Waals surface area contributed by atoms with Crippen LogP contribution in [-0.2, 0) is 23.6 Å². The molecule has 0 aliphatic carbocycles. The summed E-state index contributed by atoms with van der Waals surface area (Å²) in [7, 11) is 0. The Morgan fingerprint density at radius 2 is 1.75 bits per heavy atom. The highest BCUT2D eigenvalue weighted by Gasteiger charge is 2.43. The van der Waals surface area contributed by atoms with E-state index in [1.807, 2.05) is 0 Å². The van der Waals surface area contributed by atoms with Gasteiger partial charge in [-0.2, -0.15) is 31.4 Å². The normalized spacial score (nSPS) is 24.4. The molecule has 7 nitrogen and oxygen atoms in total. The third-order valence-electron chi connectivity index (χ3n) is 5.29. The Kier molecular flexibility index (Phi) is 5.96. The highest BCUT2D eigenvalue weighted by Crippen LogP contribution is 2.35. The molecule has 4 rings (SSSR count). The zero-order chi connectivity index (χ0) is 23.1. The predicted molar refractivity (Wildman–Crippen MR) is 96.7 cm³/mol. The van der Waals surface area contributed by atoms with E-state index in [0.29, 0.717) is 19.0 Å². The Morgan fingerprint density at radius 3 is 2.28 bits per heavy atom. The molecule has 0 amide bonds. The maximum Gasteiger partial charge on any atom is 0.435 e. The van der Waals surface area contributed by atoms with E-state index in [1.54, 1.807) is 12.0 Å². The molecule has 32 heavy (non-hydrogen) atoms. The van der Waals surface area contributed by atoms with E-state index in [2.05, 4.69) is 10.1 Å². The number of hydrogen-bond acceptors (Lipinski definition) is 6. The van der Waals surface area contributed by atoms with E-state index in [-0.39, 0.29) is 43.6 Å². The summed E-state index contributed by atoms with van der Waals surface area (Å²) in [6.07, 6.45) is -8.02. The Balaban J connectivity index is 1.44. The molecule has 4 heterocycles. The number of alkyl halides is 6. The van der Waals surface area contributed by atoms with Gasteiger partial charge in [-0.15, -0.1) is 5.06 Å². The summed E-state index contributed by atoms with van der Waals surface area (Å²) < 4.78 is 89.7. The monoisotopic (exact) mass is 466 g/mol. The quantitative estimate of drug-likeness (QED) is 0.623. The Hall–Kier alpha value is -2.54. The number of aromatic nitrogens is 3. The molecule has 2 aromatic heterocycles. The van der Waals surface area contributed by atoms with Crippen molar-refractivity contribution in [3.8, 4) is 11.8 Å². The molecule has 2 fully saturated rings. The molecule has 2 aliphatic rings. The molecule has 2 aliphatic heterocycles. The Morgan fingerprint density at radius 1 is 1.06 bits per heavy atom. The minimum atomic E-state index is -4.57. The zero-order valence-electron chi connectivity index (χ0n) is 16.9. The number of piperidine rings is 1. The SMILES string of the molecule is CCn1nc(C(F)(F)F)cc1OC1C[C@H]2COC[C@H](C1)N2Oc1ccc(C(F)(F)F)cn1. The Labute approximate surface area is 178 Å². The molecule has 2 bridgehead atoms.